The van der Waals surface area contributed by atoms with Crippen molar-refractivity contribution in [1.29, 1.82) is 0 Å². The highest BCUT2D eigenvalue weighted by molar-refractivity contribution is 5.66. The van der Waals surface area contributed by atoms with Gasteiger partial charge in [0.25, 0.3) is 0 Å². The molecule has 0 fully saturated rings. The van der Waals surface area contributed by atoms with Gasteiger partial charge in [-0.15, -0.1) is 0 Å². The van der Waals surface area contributed by atoms with Crippen LogP contribution in [0, 0.1) is 0 Å². The zero-order chi connectivity index (χ0) is 12.6. The van der Waals surface area contributed by atoms with E-state index in [1.807, 2.05) is 0 Å². The number of ether oxygens (including phenoxy) is 2. The van der Waals surface area contributed by atoms with E-state index in [-0.39, 0.29) is 12.2 Å². The van der Waals surface area contributed by atoms with Gasteiger partial charge in [-0.2, -0.15) is 11.0 Å². The van der Waals surface area contributed by atoms with Gasteiger partial charge >= 0.3 is 12.2 Å². The molecule has 0 aliphatic heterocycles. The van der Waals surface area contributed by atoms with E-state index in [0.717, 1.165) is 0 Å². The molecule has 8 nitrogen and oxygen atoms in total. The summed E-state index contributed by atoms with van der Waals surface area (Å²) in [5, 5.41) is 0. The van der Waals surface area contributed by atoms with Gasteiger partial charge in [0.1, 0.15) is 0 Å². The molecule has 0 spiro atoms. The van der Waals surface area contributed by atoms with Crippen LogP contribution in [0.25, 0.3) is 0 Å². The van der Waals surface area contributed by atoms with Crippen molar-refractivity contribution in [2.75, 3.05) is 0 Å². The second-order valence-corrected chi connectivity index (χ2v) is 3.28. The number of hydrogen-bond donors (Lipinski definition) is 2. The van der Waals surface area contributed by atoms with Crippen LogP contribution in [0.2, 0.25) is 0 Å². The molecule has 0 aromatic rings. The Morgan fingerprint density at radius 1 is 0.812 bits per heavy atom. The number of nitrogens with one attached hydrogen (secondary N) is 2. The SMILES string of the molecule is CC(C)OC(=O)NOONC(=O)OC(C)C. The lowest BCUT2D eigenvalue weighted by atomic mass is 10.5. The molecule has 94 valence electrons. The van der Waals surface area contributed by atoms with Gasteiger partial charge in [-0.3, -0.25) is 0 Å². The third-order valence-electron chi connectivity index (χ3n) is 0.977. The zero-order valence-electron chi connectivity index (χ0n) is 9.60. The van der Waals surface area contributed by atoms with Crippen LogP contribution in [0.5, 0.6) is 0 Å². The van der Waals surface area contributed by atoms with Gasteiger partial charge in [-0.1, -0.05) is 9.98 Å². The lowest BCUT2D eigenvalue weighted by molar-refractivity contribution is -0.357. The van der Waals surface area contributed by atoms with Gasteiger partial charge in [0, 0.05) is 0 Å². The molecule has 2 N–H and O–H groups in total. The van der Waals surface area contributed by atoms with Gasteiger partial charge in [0.15, 0.2) is 0 Å². The van der Waals surface area contributed by atoms with Crippen LogP contribution >= 0.6 is 0 Å². The molecule has 0 radical (unpaired) electrons. The van der Waals surface area contributed by atoms with Crippen molar-refractivity contribution < 1.29 is 29.0 Å². The van der Waals surface area contributed by atoms with E-state index < -0.39 is 12.2 Å². The maximum absolute atomic E-state index is 10.8. The van der Waals surface area contributed by atoms with Crippen molar-refractivity contribution in [2.24, 2.45) is 0 Å². The Balaban J connectivity index is 3.46. The second-order valence-electron chi connectivity index (χ2n) is 3.28. The molecule has 0 aromatic heterocycles. The summed E-state index contributed by atoms with van der Waals surface area (Å²) in [5.41, 5.74) is 3.54. The summed E-state index contributed by atoms with van der Waals surface area (Å²) in [5.74, 6) is 0. The first-order valence-electron chi connectivity index (χ1n) is 4.67. The number of carbonyl (C=O) groups is 2. The summed E-state index contributed by atoms with van der Waals surface area (Å²) in [7, 11) is 0. The first kappa shape index (κ1) is 14.5. The number of amides is 2. The molecule has 0 aromatic carbocycles. The maximum Gasteiger partial charge on any atom is 0.434 e. The third-order valence-corrected chi connectivity index (χ3v) is 0.977. The molecule has 0 bridgehead atoms. The van der Waals surface area contributed by atoms with Crippen LogP contribution < -0.4 is 11.0 Å². The fraction of sp³-hybridized carbons (Fsp3) is 0.750. The van der Waals surface area contributed by atoms with Crippen LogP contribution in [-0.4, -0.2) is 24.4 Å². The smallest absolute Gasteiger partial charge is 0.434 e. The minimum atomic E-state index is -0.839. The molecule has 0 aliphatic carbocycles. The highest BCUT2D eigenvalue weighted by Gasteiger charge is 2.07. The molecule has 0 unspecified atom stereocenters. The normalized spacial score (nSPS) is 10.1. The predicted octanol–water partition coefficient (Wildman–Crippen LogP) is 1.03. The van der Waals surface area contributed by atoms with Crippen LogP contribution in [-0.2, 0) is 19.5 Å². The van der Waals surface area contributed by atoms with E-state index in [1.165, 1.54) is 0 Å². The van der Waals surface area contributed by atoms with Gasteiger partial charge in [-0.05, 0) is 27.7 Å². The van der Waals surface area contributed by atoms with Gasteiger partial charge in [-0.25, -0.2) is 9.59 Å². The topological polar surface area (TPSA) is 95.1 Å². The van der Waals surface area contributed by atoms with Crippen molar-refractivity contribution in [1.82, 2.24) is 11.0 Å². The Kier molecular flexibility index (Phi) is 6.97. The summed E-state index contributed by atoms with van der Waals surface area (Å²) in [4.78, 5) is 29.8. The Hall–Kier alpha value is -1.54. The molecule has 0 saturated carbocycles. The number of carbonyl (C=O) groups excluding carboxylic acids is 2. The Bertz CT molecular complexity index is 207. The van der Waals surface area contributed by atoms with Crippen molar-refractivity contribution in [2.45, 2.75) is 39.9 Å². The number of hydrogen-bond acceptors (Lipinski definition) is 6. The molecule has 0 atom stereocenters. The Labute approximate surface area is 93.0 Å². The average Bonchev–Trinajstić information content (AvgIpc) is 2.10. The molecular formula is C8H16N2O6. The quantitative estimate of drug-likeness (QED) is 0.420. The lowest BCUT2D eigenvalue weighted by Gasteiger charge is -2.09. The summed E-state index contributed by atoms with van der Waals surface area (Å²) in [6.07, 6.45) is -2.26. The summed E-state index contributed by atoms with van der Waals surface area (Å²) in [6, 6.07) is 0. The summed E-state index contributed by atoms with van der Waals surface area (Å²) < 4.78 is 9.25. The number of hydroxylamine groups is 2. The van der Waals surface area contributed by atoms with Crippen LogP contribution in [0.1, 0.15) is 27.7 Å². The van der Waals surface area contributed by atoms with E-state index in [1.54, 1.807) is 38.7 Å². The van der Waals surface area contributed by atoms with Crippen LogP contribution in [0.4, 0.5) is 9.59 Å². The molecular weight excluding hydrogens is 220 g/mol. The summed E-state index contributed by atoms with van der Waals surface area (Å²) in [6.45, 7) is 6.66. The largest absolute Gasteiger partial charge is 0.445 e. The first-order valence-corrected chi connectivity index (χ1v) is 4.67. The molecule has 0 aliphatic rings. The molecule has 0 heterocycles. The average molecular weight is 236 g/mol. The van der Waals surface area contributed by atoms with Crippen molar-refractivity contribution in [3.8, 4) is 0 Å². The fourth-order valence-corrected chi connectivity index (χ4v) is 0.586. The second kappa shape index (κ2) is 7.71. The predicted molar refractivity (Wildman–Crippen MR) is 51.7 cm³/mol. The molecule has 2 amide bonds. The van der Waals surface area contributed by atoms with E-state index >= 15 is 0 Å². The van der Waals surface area contributed by atoms with E-state index in [2.05, 4.69) is 19.5 Å². The minimum Gasteiger partial charge on any atom is -0.445 e. The minimum absolute atomic E-state index is 0.289. The third kappa shape index (κ3) is 9.03. The van der Waals surface area contributed by atoms with Crippen molar-refractivity contribution in [3.63, 3.8) is 0 Å². The molecule has 0 saturated heterocycles. The molecule has 8 heteroatoms. The monoisotopic (exact) mass is 236 g/mol. The fourth-order valence-electron chi connectivity index (χ4n) is 0.586. The van der Waals surface area contributed by atoms with Crippen LogP contribution in [0.3, 0.4) is 0 Å². The van der Waals surface area contributed by atoms with E-state index in [0.29, 0.717) is 0 Å². The van der Waals surface area contributed by atoms with Crippen LogP contribution in [0.15, 0.2) is 0 Å². The van der Waals surface area contributed by atoms with Gasteiger partial charge in [0.2, 0.25) is 0 Å². The molecule has 16 heavy (non-hydrogen) atoms. The highest BCUT2D eigenvalue weighted by atomic mass is 17.3. The number of rotatable bonds is 5. The first-order chi connectivity index (χ1) is 7.41. The van der Waals surface area contributed by atoms with Gasteiger partial charge in [0.05, 0.1) is 12.2 Å². The zero-order valence-corrected chi connectivity index (χ0v) is 9.60. The Morgan fingerprint density at radius 3 is 1.38 bits per heavy atom. The molecule has 0 rings (SSSR count). The van der Waals surface area contributed by atoms with Crippen molar-refractivity contribution >= 4 is 12.2 Å². The Morgan fingerprint density at radius 2 is 1.12 bits per heavy atom. The lowest BCUT2D eigenvalue weighted by Crippen LogP contribution is -2.33. The maximum atomic E-state index is 10.8. The highest BCUT2D eigenvalue weighted by Crippen LogP contribution is 1.89. The van der Waals surface area contributed by atoms with Gasteiger partial charge < -0.3 is 9.47 Å². The summed E-state index contributed by atoms with van der Waals surface area (Å²) >= 11 is 0. The standard InChI is InChI=1S/C8H16N2O6/c1-5(2)13-7(11)9-15-16-10-8(12)14-6(3)4/h5-6H,1-4H3,(H,9,11)(H,10,12). The van der Waals surface area contributed by atoms with E-state index in [9.17, 15) is 9.59 Å². The van der Waals surface area contributed by atoms with Crippen molar-refractivity contribution in [3.05, 3.63) is 0 Å². The van der Waals surface area contributed by atoms with E-state index in [4.69, 9.17) is 0 Å².